The van der Waals surface area contributed by atoms with Crippen molar-refractivity contribution in [1.82, 2.24) is 10.6 Å². The normalized spacial score (nSPS) is 18.9. The predicted molar refractivity (Wildman–Crippen MR) is 91.2 cm³/mol. The summed E-state index contributed by atoms with van der Waals surface area (Å²) >= 11 is 0. The van der Waals surface area contributed by atoms with Crippen molar-refractivity contribution in [2.45, 2.75) is 12.5 Å². The standard InChI is InChI=1S/C19H18N2O3/c1-24-15-9-7-14(8-10-15)12-17-19(23)20-16(18(22)21-17)11-13-5-3-2-4-6-13/h2-10,12,16H,11H2,1H3,(H,20,23)(H,21,22). The van der Waals surface area contributed by atoms with E-state index in [2.05, 4.69) is 10.6 Å². The molecule has 2 aromatic carbocycles. The molecular weight excluding hydrogens is 304 g/mol. The quantitative estimate of drug-likeness (QED) is 0.845. The smallest absolute Gasteiger partial charge is 0.268 e. The van der Waals surface area contributed by atoms with Gasteiger partial charge < -0.3 is 15.4 Å². The van der Waals surface area contributed by atoms with Gasteiger partial charge in [0.1, 0.15) is 17.5 Å². The first-order chi connectivity index (χ1) is 11.7. The van der Waals surface area contributed by atoms with Gasteiger partial charge in [0, 0.05) is 6.42 Å². The zero-order valence-corrected chi connectivity index (χ0v) is 13.3. The van der Waals surface area contributed by atoms with E-state index in [9.17, 15) is 9.59 Å². The Morgan fingerprint density at radius 1 is 1.04 bits per heavy atom. The number of carbonyl (C=O) groups is 2. The summed E-state index contributed by atoms with van der Waals surface area (Å²) in [5, 5.41) is 5.46. The molecule has 0 saturated carbocycles. The highest BCUT2D eigenvalue weighted by molar-refractivity contribution is 6.07. The molecule has 3 rings (SSSR count). The molecule has 1 saturated heterocycles. The Bertz CT molecular complexity index is 767. The molecule has 2 N–H and O–H groups in total. The van der Waals surface area contributed by atoms with Gasteiger partial charge in [-0.3, -0.25) is 9.59 Å². The summed E-state index contributed by atoms with van der Waals surface area (Å²) in [6, 6.07) is 16.3. The number of hydrogen-bond acceptors (Lipinski definition) is 3. The maximum atomic E-state index is 12.3. The lowest BCUT2D eigenvalue weighted by Crippen LogP contribution is -2.55. The Hall–Kier alpha value is -3.08. The molecular formula is C19H18N2O3. The summed E-state index contributed by atoms with van der Waals surface area (Å²) in [6.07, 6.45) is 2.11. The molecule has 5 nitrogen and oxygen atoms in total. The average Bonchev–Trinajstić information content (AvgIpc) is 2.61. The fraction of sp³-hybridized carbons (Fsp3) is 0.158. The maximum Gasteiger partial charge on any atom is 0.268 e. The van der Waals surface area contributed by atoms with Crippen LogP contribution in [0.5, 0.6) is 5.75 Å². The van der Waals surface area contributed by atoms with Crippen LogP contribution in [-0.2, 0) is 16.0 Å². The van der Waals surface area contributed by atoms with Gasteiger partial charge in [0.05, 0.1) is 7.11 Å². The molecule has 0 bridgehead atoms. The molecule has 1 unspecified atom stereocenters. The van der Waals surface area contributed by atoms with E-state index in [0.29, 0.717) is 6.42 Å². The van der Waals surface area contributed by atoms with Crippen molar-refractivity contribution < 1.29 is 14.3 Å². The average molecular weight is 322 g/mol. The van der Waals surface area contributed by atoms with E-state index < -0.39 is 6.04 Å². The molecule has 122 valence electrons. The fourth-order valence-electron chi connectivity index (χ4n) is 2.54. The van der Waals surface area contributed by atoms with Crippen LogP contribution in [0.4, 0.5) is 0 Å². The first-order valence-corrected chi connectivity index (χ1v) is 7.67. The second-order valence-corrected chi connectivity index (χ2v) is 5.54. The number of nitrogens with one attached hydrogen (secondary N) is 2. The molecule has 0 spiro atoms. The van der Waals surface area contributed by atoms with Crippen LogP contribution in [0.1, 0.15) is 11.1 Å². The number of carbonyl (C=O) groups excluding carboxylic acids is 2. The SMILES string of the molecule is COc1ccc(C=C2NC(=O)C(Cc3ccccc3)NC2=O)cc1. The molecule has 1 fully saturated rings. The van der Waals surface area contributed by atoms with Crippen molar-refractivity contribution in [3.05, 3.63) is 71.4 Å². The van der Waals surface area contributed by atoms with Crippen molar-refractivity contribution in [3.8, 4) is 5.75 Å². The third-order valence-electron chi connectivity index (χ3n) is 3.83. The fourth-order valence-corrected chi connectivity index (χ4v) is 2.54. The van der Waals surface area contributed by atoms with E-state index >= 15 is 0 Å². The highest BCUT2D eigenvalue weighted by Gasteiger charge is 2.29. The zero-order chi connectivity index (χ0) is 16.9. The predicted octanol–water partition coefficient (Wildman–Crippen LogP) is 1.89. The monoisotopic (exact) mass is 322 g/mol. The Morgan fingerprint density at radius 3 is 2.42 bits per heavy atom. The second-order valence-electron chi connectivity index (χ2n) is 5.54. The van der Waals surface area contributed by atoms with Gasteiger partial charge in [-0.05, 0) is 29.3 Å². The first-order valence-electron chi connectivity index (χ1n) is 7.67. The minimum absolute atomic E-state index is 0.210. The van der Waals surface area contributed by atoms with Crippen molar-refractivity contribution in [2.24, 2.45) is 0 Å². The summed E-state index contributed by atoms with van der Waals surface area (Å²) in [6.45, 7) is 0. The lowest BCUT2D eigenvalue weighted by atomic mass is 10.0. The molecule has 5 heteroatoms. The van der Waals surface area contributed by atoms with Gasteiger partial charge in [0.2, 0.25) is 5.91 Å². The highest BCUT2D eigenvalue weighted by Crippen LogP contribution is 2.15. The molecule has 2 aromatic rings. The van der Waals surface area contributed by atoms with Gasteiger partial charge in [0.15, 0.2) is 0 Å². The number of hydrogen-bond donors (Lipinski definition) is 2. The van der Waals surface area contributed by atoms with Gasteiger partial charge in [-0.15, -0.1) is 0 Å². The molecule has 1 aliphatic heterocycles. The molecule has 0 radical (unpaired) electrons. The summed E-state index contributed by atoms with van der Waals surface area (Å²) in [7, 11) is 1.59. The van der Waals surface area contributed by atoms with Crippen LogP contribution in [0.3, 0.4) is 0 Å². The van der Waals surface area contributed by atoms with E-state index in [1.807, 2.05) is 42.5 Å². The Morgan fingerprint density at radius 2 is 1.75 bits per heavy atom. The number of piperazine rings is 1. The summed E-state index contributed by atoms with van der Waals surface area (Å²) < 4.78 is 5.10. The number of rotatable bonds is 4. The van der Waals surface area contributed by atoms with Gasteiger partial charge in [-0.2, -0.15) is 0 Å². The zero-order valence-electron chi connectivity index (χ0n) is 13.3. The Kier molecular flexibility index (Phi) is 4.61. The molecule has 0 aromatic heterocycles. The maximum absolute atomic E-state index is 12.3. The van der Waals surface area contributed by atoms with Crippen LogP contribution in [0.15, 0.2) is 60.3 Å². The number of ether oxygens (including phenoxy) is 1. The topological polar surface area (TPSA) is 67.4 Å². The van der Waals surface area contributed by atoms with E-state index in [4.69, 9.17) is 4.74 Å². The van der Waals surface area contributed by atoms with Crippen molar-refractivity contribution in [1.29, 1.82) is 0 Å². The third kappa shape index (κ3) is 3.63. The van der Waals surface area contributed by atoms with Gasteiger partial charge in [-0.1, -0.05) is 42.5 Å². The minimum Gasteiger partial charge on any atom is -0.497 e. The molecule has 1 aliphatic rings. The van der Waals surface area contributed by atoms with Gasteiger partial charge in [0.25, 0.3) is 5.91 Å². The summed E-state index contributed by atoms with van der Waals surface area (Å²) in [4.78, 5) is 24.5. The first kappa shape index (κ1) is 15.8. The van der Waals surface area contributed by atoms with E-state index in [-0.39, 0.29) is 17.5 Å². The largest absolute Gasteiger partial charge is 0.497 e. The summed E-state index contributed by atoms with van der Waals surface area (Å²) in [5.74, 6) is 0.238. The van der Waals surface area contributed by atoms with Gasteiger partial charge in [-0.25, -0.2) is 0 Å². The van der Waals surface area contributed by atoms with Crippen molar-refractivity contribution >= 4 is 17.9 Å². The van der Waals surface area contributed by atoms with Crippen LogP contribution >= 0.6 is 0 Å². The number of methoxy groups -OCH3 is 1. The van der Waals surface area contributed by atoms with E-state index in [0.717, 1.165) is 16.9 Å². The minimum atomic E-state index is -0.562. The molecule has 24 heavy (non-hydrogen) atoms. The van der Waals surface area contributed by atoms with Crippen molar-refractivity contribution in [2.75, 3.05) is 7.11 Å². The lowest BCUT2D eigenvalue weighted by Gasteiger charge is -2.25. The Labute approximate surface area is 140 Å². The highest BCUT2D eigenvalue weighted by atomic mass is 16.5. The second kappa shape index (κ2) is 7.00. The molecule has 1 atom stereocenters. The lowest BCUT2D eigenvalue weighted by molar-refractivity contribution is -0.131. The van der Waals surface area contributed by atoms with Crippen LogP contribution in [0.25, 0.3) is 6.08 Å². The third-order valence-corrected chi connectivity index (χ3v) is 3.83. The van der Waals surface area contributed by atoms with E-state index in [1.165, 1.54) is 0 Å². The van der Waals surface area contributed by atoms with Crippen LogP contribution < -0.4 is 15.4 Å². The van der Waals surface area contributed by atoms with Crippen LogP contribution in [-0.4, -0.2) is 25.0 Å². The number of amides is 2. The van der Waals surface area contributed by atoms with Gasteiger partial charge >= 0.3 is 0 Å². The molecule has 1 heterocycles. The molecule has 2 amide bonds. The van der Waals surface area contributed by atoms with Crippen LogP contribution in [0, 0.1) is 0 Å². The van der Waals surface area contributed by atoms with Crippen molar-refractivity contribution in [3.63, 3.8) is 0 Å². The number of benzene rings is 2. The van der Waals surface area contributed by atoms with Crippen LogP contribution in [0.2, 0.25) is 0 Å². The Balaban J connectivity index is 1.71. The summed E-state index contributed by atoms with van der Waals surface area (Å²) in [5.41, 5.74) is 2.05. The van der Waals surface area contributed by atoms with E-state index in [1.54, 1.807) is 25.3 Å². The molecule has 0 aliphatic carbocycles.